The van der Waals surface area contributed by atoms with Crippen LogP contribution < -0.4 is 9.80 Å². The van der Waals surface area contributed by atoms with Crippen LogP contribution in [-0.4, -0.2) is 0 Å². The Kier molecular flexibility index (Phi) is 17.5. The van der Waals surface area contributed by atoms with Crippen LogP contribution in [0.3, 0.4) is 0 Å². The highest BCUT2D eigenvalue weighted by Crippen LogP contribution is 2.65. The summed E-state index contributed by atoms with van der Waals surface area (Å²) in [6.45, 7) is 0. The van der Waals surface area contributed by atoms with Crippen molar-refractivity contribution in [3.8, 4) is 111 Å². The lowest BCUT2D eigenvalue weighted by atomic mass is 9.67. The Bertz CT molecular complexity index is 9430. The first kappa shape index (κ1) is 78.9. The van der Waals surface area contributed by atoms with Gasteiger partial charge in [-0.2, -0.15) is 0 Å². The van der Waals surface area contributed by atoms with Gasteiger partial charge in [0.15, 0.2) is 11.2 Å². The highest BCUT2D eigenvalue weighted by molar-refractivity contribution is 6.27. The van der Waals surface area contributed by atoms with Gasteiger partial charge in [0.1, 0.15) is 33.5 Å². The lowest BCUT2D eigenvalue weighted by molar-refractivity contribution is 0.665. The highest BCUT2D eigenvalue weighted by Gasteiger charge is 2.52. The minimum absolute atomic E-state index is 0.570. The Morgan fingerprint density at radius 1 is 0.186 bits per heavy atom. The maximum atomic E-state index is 7.87. The summed E-state index contributed by atoms with van der Waals surface area (Å²) in [5.41, 5.74) is 42.4. The van der Waals surface area contributed by atoms with E-state index in [1.165, 1.54) is 44.5 Å². The summed E-state index contributed by atoms with van der Waals surface area (Å²) in [5.74, 6) is 0. The molecule has 0 N–H and O–H groups in total. The highest BCUT2D eigenvalue weighted by atomic mass is 16.3. The normalized spacial score (nSPS) is 12.9. The Balaban J connectivity index is 0.604. The Morgan fingerprint density at radius 2 is 0.564 bits per heavy atom. The third-order valence-electron chi connectivity index (χ3n) is 30.0. The molecule has 26 aromatic rings. The van der Waals surface area contributed by atoms with Gasteiger partial charge in [-0.1, -0.05) is 382 Å². The van der Waals surface area contributed by atoms with E-state index in [1.54, 1.807) is 0 Å². The number of benzene rings is 21. The minimum Gasteiger partial charge on any atom is -0.456 e. The second-order valence-corrected chi connectivity index (χ2v) is 37.3. The molecule has 6 heteroatoms. The summed E-state index contributed by atoms with van der Waals surface area (Å²) in [7, 11) is 0. The summed E-state index contributed by atoms with van der Waals surface area (Å²) >= 11 is 0. The Labute approximate surface area is 807 Å². The van der Waals surface area contributed by atoms with Crippen LogP contribution >= 0.6 is 0 Å². The number of hydrogen-bond donors (Lipinski definition) is 0. The van der Waals surface area contributed by atoms with Gasteiger partial charge in [0.25, 0.3) is 0 Å². The van der Waals surface area contributed by atoms with E-state index in [4.69, 9.17) is 17.7 Å². The second-order valence-electron chi connectivity index (χ2n) is 37.3. The average molecular weight is 1780 g/mol. The van der Waals surface area contributed by atoms with Crippen molar-refractivity contribution in [2.75, 3.05) is 9.80 Å². The summed E-state index contributed by atoms with van der Waals surface area (Å²) in [4.78, 5) is 4.83. The summed E-state index contributed by atoms with van der Waals surface area (Å²) < 4.78 is 30.0. The molecule has 0 saturated heterocycles. The molecule has 0 saturated carbocycles. The van der Waals surface area contributed by atoms with Crippen LogP contribution in [0.15, 0.2) is 503 Å². The number of anilines is 6. The molecule has 1 unspecified atom stereocenters. The molecule has 3 aliphatic rings. The van der Waals surface area contributed by atoms with Gasteiger partial charge in [-0.3, -0.25) is 0 Å². The van der Waals surface area contributed by atoms with Crippen LogP contribution in [0.2, 0.25) is 0 Å². The fourth-order valence-corrected chi connectivity index (χ4v) is 24.0. The quantitative estimate of drug-likeness (QED) is 0.102. The van der Waals surface area contributed by atoms with E-state index in [9.17, 15) is 0 Å². The summed E-state index contributed by atoms with van der Waals surface area (Å²) in [6.07, 6.45) is 0. The largest absolute Gasteiger partial charge is 0.456 e. The molecule has 0 amide bonds. The molecule has 6 nitrogen and oxygen atoms in total. The summed E-state index contributed by atoms with van der Waals surface area (Å²) in [6, 6.07) is 184. The van der Waals surface area contributed by atoms with Gasteiger partial charge in [0, 0.05) is 77.0 Å². The van der Waals surface area contributed by atoms with Crippen LogP contribution in [0.4, 0.5) is 34.1 Å². The van der Waals surface area contributed by atoms with Crippen molar-refractivity contribution in [2.24, 2.45) is 0 Å². The fourth-order valence-electron chi connectivity index (χ4n) is 24.0. The van der Waals surface area contributed by atoms with Crippen molar-refractivity contribution >= 4 is 122 Å². The van der Waals surface area contributed by atoms with E-state index in [-0.39, 0.29) is 0 Å². The Hall–Kier alpha value is -18.5. The summed E-state index contributed by atoms with van der Waals surface area (Å²) in [5, 5.41) is 7.83. The third kappa shape index (κ3) is 11.8. The standard InChI is InChI=1S/C134H80N2O4/c1-7-30-83(31-8-1)87-56-60-90(61-57-87)125-127-108-47-22-26-55-121(108)137-123(127)81-111-107-49-29-54-120(130(107)140-131(111)125)136(98-43-27-38-92(76-98)86-36-13-4-14-37-86)100-71-74-105-110-77-93(67-75-116(110)133(117(105)79-100,95-39-15-5-16-40-95)96-41-17-6-18-42-96)94-66-72-109-122(78-94)138-124-82-112-106-48-28-53-119(129(106)139-132(112)126(128(109)124)91-62-58-88(59-63-91)84-32-9-2-10-33-84)135(97-68-64-89(65-69-97)85-34-11-3-12-35-85)99-70-73-104-103-46-21-25-52-115(103)134(118(104)80-99)113-50-23-19-44-101(113)102-45-20-24-51-114(102)134/h1-5,7-17,19-82H. The van der Waals surface area contributed by atoms with Gasteiger partial charge in [-0.15, -0.1) is 0 Å². The third-order valence-corrected chi connectivity index (χ3v) is 30.0. The van der Waals surface area contributed by atoms with Crippen LogP contribution in [0.25, 0.3) is 199 Å². The SMILES string of the molecule is c1ccc(C2(c3ccccc3)c3ccc(-c4ccc5c(c4)oc4cc6c(oc7c(N(c8ccc(-c9ccccc9)cc8)c8ccc9c(c8)C8(c%10ccccc%10-c%10ccccc%108)c8ccccc8-9)cccc76)c(-c6ccc(-c7ccccc7)cc6)c45)cc3-c3ccc(N(c4cccc(-c5ccccc5)c4)c4cccc5c4oc4c(-c6ccc(-c7ccccc7)cc6)c6c(cc45)oc4ccccc46)cc32)cc#1. The Morgan fingerprint density at radius 3 is 1.11 bits per heavy atom. The van der Waals surface area contributed by atoms with Crippen molar-refractivity contribution in [1.82, 2.24) is 0 Å². The van der Waals surface area contributed by atoms with E-state index in [0.717, 1.165) is 233 Å². The van der Waals surface area contributed by atoms with Gasteiger partial charge in [0.05, 0.1) is 22.2 Å². The topological polar surface area (TPSA) is 59.0 Å². The molecule has 4 aromatic heterocycles. The van der Waals surface area contributed by atoms with Gasteiger partial charge >= 0.3 is 0 Å². The zero-order chi connectivity index (χ0) is 91.8. The molecular formula is C134H80N2O4. The molecule has 140 heavy (non-hydrogen) atoms. The zero-order valence-electron chi connectivity index (χ0n) is 75.7. The monoisotopic (exact) mass is 1780 g/mol. The van der Waals surface area contributed by atoms with E-state index >= 15 is 0 Å². The molecule has 29 rings (SSSR count). The number of rotatable bonds is 15. The zero-order valence-corrected chi connectivity index (χ0v) is 75.7. The predicted molar refractivity (Wildman–Crippen MR) is 574 cm³/mol. The molecule has 0 aliphatic heterocycles. The number of para-hydroxylation sites is 3. The lowest BCUT2D eigenvalue weighted by Gasteiger charge is -2.34. The molecule has 4 heterocycles. The van der Waals surface area contributed by atoms with Crippen molar-refractivity contribution in [2.45, 2.75) is 10.8 Å². The van der Waals surface area contributed by atoms with Crippen LogP contribution in [0.1, 0.15) is 44.5 Å². The molecule has 1 atom stereocenters. The molecule has 0 bridgehead atoms. The second kappa shape index (κ2) is 31.0. The molecule has 1 spiro atoms. The van der Waals surface area contributed by atoms with E-state index in [1.807, 2.05) is 12.1 Å². The van der Waals surface area contributed by atoms with Crippen molar-refractivity contribution in [3.05, 3.63) is 542 Å². The van der Waals surface area contributed by atoms with Crippen molar-refractivity contribution in [3.63, 3.8) is 0 Å². The number of furan rings is 4. The van der Waals surface area contributed by atoms with Crippen LogP contribution in [0.5, 0.6) is 0 Å². The molecule has 0 fully saturated rings. The average Bonchev–Trinajstić information content (AvgIpc) is 1.50. The maximum absolute atomic E-state index is 7.87. The first-order valence-corrected chi connectivity index (χ1v) is 48.0. The molecule has 650 valence electrons. The van der Waals surface area contributed by atoms with Gasteiger partial charge < -0.3 is 27.5 Å². The molecule has 22 aromatic carbocycles. The van der Waals surface area contributed by atoms with Crippen molar-refractivity contribution in [1.29, 1.82) is 0 Å². The molecule has 0 radical (unpaired) electrons. The predicted octanol–water partition coefficient (Wildman–Crippen LogP) is 36.2. The number of fused-ring (bicyclic) bond motifs is 25. The number of hydrogen-bond acceptors (Lipinski definition) is 6. The van der Waals surface area contributed by atoms with Crippen molar-refractivity contribution < 1.29 is 17.7 Å². The van der Waals surface area contributed by atoms with E-state index in [0.29, 0.717) is 0 Å². The fraction of sp³-hybridized carbons (Fsp3) is 0.0149. The lowest BCUT2D eigenvalue weighted by Crippen LogP contribution is -2.28. The number of nitrogens with zero attached hydrogens (tertiary/aromatic N) is 2. The minimum atomic E-state index is -0.849. The van der Waals surface area contributed by atoms with Gasteiger partial charge in [-0.25, -0.2) is 0 Å². The van der Waals surface area contributed by atoms with Gasteiger partial charge in [0.2, 0.25) is 0 Å². The van der Waals surface area contributed by atoms with E-state index < -0.39 is 10.8 Å². The van der Waals surface area contributed by atoms with E-state index in [2.05, 4.69) is 495 Å². The van der Waals surface area contributed by atoms with Gasteiger partial charge in [-0.05, 0) is 260 Å². The first-order chi connectivity index (χ1) is 69.4. The van der Waals surface area contributed by atoms with Crippen LogP contribution in [-0.2, 0) is 10.8 Å². The maximum Gasteiger partial charge on any atom is 0.159 e. The molecule has 3 aliphatic carbocycles. The molecular weight excluding hydrogens is 1700 g/mol. The van der Waals surface area contributed by atoms with Crippen LogP contribution in [0, 0.1) is 12.1 Å². The smallest absolute Gasteiger partial charge is 0.159 e. The first-order valence-electron chi connectivity index (χ1n) is 48.0.